The fourth-order valence-corrected chi connectivity index (χ4v) is 3.71. The van der Waals surface area contributed by atoms with Crippen molar-refractivity contribution in [3.05, 3.63) is 72.4 Å². The number of imidazole rings is 1. The molecule has 29 heavy (non-hydrogen) atoms. The molecule has 2 aromatic heterocycles. The number of hydrogen-bond donors (Lipinski definition) is 1. The predicted octanol–water partition coefficient (Wildman–Crippen LogP) is 3.91. The van der Waals surface area contributed by atoms with Crippen molar-refractivity contribution >= 4 is 28.3 Å². The highest BCUT2D eigenvalue weighted by Crippen LogP contribution is 2.27. The van der Waals surface area contributed by atoms with E-state index in [2.05, 4.69) is 26.9 Å². The highest BCUT2D eigenvalue weighted by Gasteiger charge is 2.21. The zero-order valence-electron chi connectivity index (χ0n) is 16.0. The van der Waals surface area contributed by atoms with Gasteiger partial charge in [0, 0.05) is 24.5 Å². The van der Waals surface area contributed by atoms with Crippen molar-refractivity contribution in [3.8, 4) is 5.75 Å². The lowest BCUT2D eigenvalue weighted by Crippen LogP contribution is -2.33. The molecule has 1 aliphatic rings. The molecule has 0 radical (unpaired) electrons. The van der Waals surface area contributed by atoms with Gasteiger partial charge in [-0.1, -0.05) is 0 Å². The van der Waals surface area contributed by atoms with E-state index >= 15 is 0 Å². The molecule has 0 spiro atoms. The zero-order valence-corrected chi connectivity index (χ0v) is 16.0. The first-order valence-electron chi connectivity index (χ1n) is 9.44. The molecule has 4 aromatic rings. The maximum Gasteiger partial charge on any atom is 0.291 e. The number of nitrogens with one attached hydrogen (secondary N) is 1. The summed E-state index contributed by atoms with van der Waals surface area (Å²) in [6.45, 7) is 2.49. The smallest absolute Gasteiger partial charge is 0.291 e. The number of anilines is 2. The SMILES string of the molecule is COc1ccc(N2CCn3c(nc4cc(NC(=O)c5ccco5)ccc43)C2)cc1. The number of carbonyl (C=O) groups is 1. The molecule has 0 atom stereocenters. The summed E-state index contributed by atoms with van der Waals surface area (Å²) in [6.07, 6.45) is 1.48. The van der Waals surface area contributed by atoms with Gasteiger partial charge in [-0.2, -0.15) is 0 Å². The van der Waals surface area contributed by atoms with Gasteiger partial charge in [-0.15, -0.1) is 0 Å². The average molecular weight is 388 g/mol. The number of fused-ring (bicyclic) bond motifs is 3. The molecule has 0 bridgehead atoms. The van der Waals surface area contributed by atoms with Crippen LogP contribution in [-0.2, 0) is 13.1 Å². The minimum Gasteiger partial charge on any atom is -0.497 e. The largest absolute Gasteiger partial charge is 0.497 e. The Bertz CT molecular complexity index is 1160. The van der Waals surface area contributed by atoms with Gasteiger partial charge in [0.1, 0.15) is 11.6 Å². The van der Waals surface area contributed by atoms with Crippen LogP contribution in [0, 0.1) is 0 Å². The van der Waals surface area contributed by atoms with Gasteiger partial charge in [0.15, 0.2) is 5.76 Å². The molecule has 0 fully saturated rings. The van der Waals surface area contributed by atoms with Crippen LogP contribution in [0.15, 0.2) is 65.3 Å². The Hall–Kier alpha value is -3.74. The number of benzene rings is 2. The van der Waals surface area contributed by atoms with Crippen LogP contribution in [0.4, 0.5) is 11.4 Å². The molecule has 7 heteroatoms. The molecule has 0 saturated heterocycles. The molecule has 1 aliphatic heterocycles. The molecule has 1 N–H and O–H groups in total. The van der Waals surface area contributed by atoms with E-state index in [0.717, 1.165) is 47.9 Å². The first-order chi connectivity index (χ1) is 14.2. The quantitative estimate of drug-likeness (QED) is 0.574. The van der Waals surface area contributed by atoms with E-state index in [4.69, 9.17) is 14.1 Å². The number of methoxy groups -OCH3 is 1. The van der Waals surface area contributed by atoms with Gasteiger partial charge in [0.05, 0.1) is 31.0 Å². The van der Waals surface area contributed by atoms with Crippen molar-refractivity contribution in [2.45, 2.75) is 13.1 Å². The molecule has 3 heterocycles. The fraction of sp³-hybridized carbons (Fsp3) is 0.182. The maximum absolute atomic E-state index is 12.2. The number of ether oxygens (including phenoxy) is 1. The molecule has 0 aliphatic carbocycles. The summed E-state index contributed by atoms with van der Waals surface area (Å²) in [6, 6.07) is 17.2. The first-order valence-corrected chi connectivity index (χ1v) is 9.44. The number of amides is 1. The van der Waals surface area contributed by atoms with E-state index < -0.39 is 0 Å². The summed E-state index contributed by atoms with van der Waals surface area (Å²) in [5.41, 5.74) is 3.79. The molecule has 0 saturated carbocycles. The van der Waals surface area contributed by atoms with Crippen molar-refractivity contribution in [3.63, 3.8) is 0 Å². The third-order valence-corrected chi connectivity index (χ3v) is 5.19. The average Bonchev–Trinajstić information content (AvgIpc) is 3.41. The van der Waals surface area contributed by atoms with Gasteiger partial charge in [0.25, 0.3) is 5.91 Å². The van der Waals surface area contributed by atoms with Crippen molar-refractivity contribution in [2.24, 2.45) is 0 Å². The minimum atomic E-state index is -0.274. The summed E-state index contributed by atoms with van der Waals surface area (Å²) in [5, 5.41) is 2.86. The lowest BCUT2D eigenvalue weighted by molar-refractivity contribution is 0.0996. The van der Waals surface area contributed by atoms with Gasteiger partial charge in [-0.05, 0) is 54.6 Å². The number of aromatic nitrogens is 2. The van der Waals surface area contributed by atoms with E-state index in [9.17, 15) is 4.79 Å². The Morgan fingerprint density at radius 3 is 2.76 bits per heavy atom. The second-order valence-electron chi connectivity index (χ2n) is 6.93. The molecule has 7 nitrogen and oxygen atoms in total. The van der Waals surface area contributed by atoms with Crippen LogP contribution in [0.25, 0.3) is 11.0 Å². The van der Waals surface area contributed by atoms with Gasteiger partial charge in [-0.25, -0.2) is 4.98 Å². The standard InChI is InChI=1S/C22H20N4O3/c1-28-17-7-5-16(6-8-17)25-10-11-26-19-9-4-15(13-18(19)24-21(26)14-25)23-22(27)20-3-2-12-29-20/h2-9,12-13H,10-11,14H2,1H3,(H,23,27). The van der Waals surface area contributed by atoms with E-state index in [1.165, 1.54) is 6.26 Å². The van der Waals surface area contributed by atoms with Crippen LogP contribution in [0.1, 0.15) is 16.4 Å². The predicted molar refractivity (Wildman–Crippen MR) is 110 cm³/mol. The van der Waals surface area contributed by atoms with Crippen molar-refractivity contribution < 1.29 is 13.9 Å². The molecule has 2 aromatic carbocycles. The second-order valence-corrected chi connectivity index (χ2v) is 6.93. The van der Waals surface area contributed by atoms with Crippen LogP contribution in [0.3, 0.4) is 0 Å². The van der Waals surface area contributed by atoms with Gasteiger partial charge in [0.2, 0.25) is 0 Å². The van der Waals surface area contributed by atoms with E-state index in [1.54, 1.807) is 19.2 Å². The summed E-state index contributed by atoms with van der Waals surface area (Å²) in [4.78, 5) is 19.3. The van der Waals surface area contributed by atoms with Gasteiger partial charge in [-0.3, -0.25) is 4.79 Å². The van der Waals surface area contributed by atoms with Crippen molar-refractivity contribution in [1.29, 1.82) is 0 Å². The number of nitrogens with zero attached hydrogens (tertiary/aromatic N) is 3. The van der Waals surface area contributed by atoms with Gasteiger partial charge < -0.3 is 23.9 Å². The number of hydrogen-bond acceptors (Lipinski definition) is 5. The third-order valence-electron chi connectivity index (χ3n) is 5.19. The number of carbonyl (C=O) groups excluding carboxylic acids is 1. The highest BCUT2D eigenvalue weighted by atomic mass is 16.5. The Morgan fingerprint density at radius 2 is 2.00 bits per heavy atom. The number of furan rings is 1. The minimum absolute atomic E-state index is 0.274. The molecular formula is C22H20N4O3. The van der Waals surface area contributed by atoms with Crippen molar-refractivity contribution in [2.75, 3.05) is 23.9 Å². The van der Waals surface area contributed by atoms with Gasteiger partial charge >= 0.3 is 0 Å². The van der Waals surface area contributed by atoms with E-state index in [0.29, 0.717) is 5.69 Å². The summed E-state index contributed by atoms with van der Waals surface area (Å²) >= 11 is 0. The molecule has 1 amide bonds. The lowest BCUT2D eigenvalue weighted by atomic mass is 10.2. The highest BCUT2D eigenvalue weighted by molar-refractivity contribution is 6.03. The lowest BCUT2D eigenvalue weighted by Gasteiger charge is -2.30. The van der Waals surface area contributed by atoms with Crippen molar-refractivity contribution in [1.82, 2.24) is 9.55 Å². The Kier molecular flexibility index (Phi) is 4.20. The maximum atomic E-state index is 12.2. The third kappa shape index (κ3) is 3.20. The summed E-state index contributed by atoms with van der Waals surface area (Å²) in [7, 11) is 1.67. The fourth-order valence-electron chi connectivity index (χ4n) is 3.71. The normalized spacial score (nSPS) is 13.3. The van der Waals surface area contributed by atoms with Crippen LogP contribution in [-0.4, -0.2) is 29.1 Å². The zero-order chi connectivity index (χ0) is 19.8. The van der Waals surface area contributed by atoms with Crippen LogP contribution in [0.5, 0.6) is 5.75 Å². The second kappa shape index (κ2) is 7.01. The molecule has 5 rings (SSSR count). The monoisotopic (exact) mass is 388 g/mol. The summed E-state index contributed by atoms with van der Waals surface area (Å²) < 4.78 is 12.6. The topological polar surface area (TPSA) is 72.5 Å². The Labute approximate surface area is 167 Å². The molecular weight excluding hydrogens is 368 g/mol. The Morgan fingerprint density at radius 1 is 1.14 bits per heavy atom. The van der Waals surface area contributed by atoms with E-state index in [1.807, 2.05) is 30.3 Å². The van der Waals surface area contributed by atoms with Crippen LogP contribution in [0.2, 0.25) is 0 Å². The molecule has 146 valence electrons. The molecule has 0 unspecified atom stereocenters. The van der Waals surface area contributed by atoms with E-state index in [-0.39, 0.29) is 11.7 Å². The number of rotatable bonds is 4. The summed E-state index contributed by atoms with van der Waals surface area (Å²) in [5.74, 6) is 1.87. The van der Waals surface area contributed by atoms with Crippen LogP contribution < -0.4 is 15.0 Å². The van der Waals surface area contributed by atoms with Crippen LogP contribution >= 0.6 is 0 Å². The first kappa shape index (κ1) is 17.4. The Balaban J connectivity index is 1.39.